The van der Waals surface area contributed by atoms with Crippen LogP contribution in [0.25, 0.3) is 22.1 Å². The van der Waals surface area contributed by atoms with Crippen LogP contribution in [0, 0.1) is 0 Å². The quantitative estimate of drug-likeness (QED) is 0.291. The second-order valence-electron chi connectivity index (χ2n) is 9.92. The summed E-state index contributed by atoms with van der Waals surface area (Å²) in [6.45, 7) is 5.20. The lowest BCUT2D eigenvalue weighted by atomic mass is 10.2. The van der Waals surface area contributed by atoms with Crippen molar-refractivity contribution in [3.05, 3.63) is 120 Å². The highest BCUT2D eigenvalue weighted by atomic mass is 15.4. The van der Waals surface area contributed by atoms with Crippen LogP contribution in [0.1, 0.15) is 11.1 Å². The van der Waals surface area contributed by atoms with Gasteiger partial charge in [0.1, 0.15) is 0 Å². The van der Waals surface area contributed by atoms with Crippen molar-refractivity contribution < 1.29 is 0 Å². The van der Waals surface area contributed by atoms with Crippen molar-refractivity contribution in [1.82, 2.24) is 19.1 Å². The number of piperazine rings is 1. The van der Waals surface area contributed by atoms with Crippen molar-refractivity contribution in [2.24, 2.45) is 0 Å². The molecule has 6 heteroatoms. The van der Waals surface area contributed by atoms with E-state index in [1.807, 2.05) is 0 Å². The Hall–Kier alpha value is -4.58. The lowest BCUT2D eigenvalue weighted by Crippen LogP contribution is -2.48. The summed E-state index contributed by atoms with van der Waals surface area (Å²) in [5, 5.41) is 0. The first-order chi connectivity index (χ1) is 18.8. The van der Waals surface area contributed by atoms with Crippen LogP contribution in [0.4, 0.5) is 11.9 Å². The van der Waals surface area contributed by atoms with Crippen LogP contribution in [0.3, 0.4) is 0 Å². The lowest BCUT2D eigenvalue weighted by molar-refractivity contribution is 0.605. The van der Waals surface area contributed by atoms with Gasteiger partial charge < -0.3 is 18.9 Å². The van der Waals surface area contributed by atoms with E-state index in [1.165, 1.54) is 22.2 Å². The summed E-state index contributed by atoms with van der Waals surface area (Å²) < 4.78 is 4.73. The normalized spacial score (nSPS) is 14.0. The first-order valence-corrected chi connectivity index (χ1v) is 13.3. The van der Waals surface area contributed by atoms with Gasteiger partial charge >= 0.3 is 0 Å². The first-order valence-electron chi connectivity index (χ1n) is 13.3. The number of imidazole rings is 2. The number of hydrogen-bond acceptors (Lipinski definition) is 4. The molecule has 1 aliphatic rings. The fraction of sp³-hybridized carbons (Fsp3) is 0.188. The van der Waals surface area contributed by atoms with E-state index in [4.69, 9.17) is 9.97 Å². The molecule has 188 valence electrons. The van der Waals surface area contributed by atoms with E-state index in [0.29, 0.717) is 0 Å². The third-order valence-corrected chi connectivity index (χ3v) is 7.48. The highest BCUT2D eigenvalue weighted by Crippen LogP contribution is 2.28. The largest absolute Gasteiger partial charge is 0.339 e. The molecule has 2 aromatic heterocycles. The Morgan fingerprint density at radius 3 is 1.24 bits per heavy atom. The van der Waals surface area contributed by atoms with E-state index >= 15 is 0 Å². The molecule has 1 fully saturated rings. The molecule has 38 heavy (non-hydrogen) atoms. The molecule has 6 aromatic rings. The average molecular weight is 499 g/mol. The van der Waals surface area contributed by atoms with E-state index in [9.17, 15) is 0 Å². The monoisotopic (exact) mass is 498 g/mol. The van der Waals surface area contributed by atoms with Gasteiger partial charge in [-0.3, -0.25) is 0 Å². The highest BCUT2D eigenvalue weighted by molar-refractivity contribution is 5.80. The van der Waals surface area contributed by atoms with Crippen LogP contribution >= 0.6 is 0 Å². The SMILES string of the molecule is c1ccc(Cn2c(N3CCN(c4nc5ccccc5n4Cc4ccccc4)CC3)nc3ccccc32)cc1. The van der Waals surface area contributed by atoms with Gasteiger partial charge in [-0.2, -0.15) is 0 Å². The fourth-order valence-corrected chi connectivity index (χ4v) is 5.56. The van der Waals surface area contributed by atoms with Gasteiger partial charge in [0, 0.05) is 26.2 Å². The fourth-order valence-electron chi connectivity index (χ4n) is 5.56. The molecule has 0 unspecified atom stereocenters. The molecular formula is C32H30N6. The van der Waals surface area contributed by atoms with Crippen molar-refractivity contribution in [3.8, 4) is 0 Å². The van der Waals surface area contributed by atoms with Crippen LogP contribution < -0.4 is 9.80 Å². The number of aromatic nitrogens is 4. The second kappa shape index (κ2) is 9.71. The van der Waals surface area contributed by atoms with Crippen LogP contribution in [0.5, 0.6) is 0 Å². The molecule has 0 amide bonds. The van der Waals surface area contributed by atoms with E-state index in [2.05, 4.69) is 128 Å². The van der Waals surface area contributed by atoms with Crippen molar-refractivity contribution in [2.45, 2.75) is 13.1 Å². The highest BCUT2D eigenvalue weighted by Gasteiger charge is 2.25. The third-order valence-electron chi connectivity index (χ3n) is 7.48. The molecule has 1 saturated heterocycles. The number of anilines is 2. The first kappa shape index (κ1) is 22.6. The molecule has 0 atom stereocenters. The number of nitrogens with zero attached hydrogens (tertiary/aromatic N) is 6. The summed E-state index contributed by atoms with van der Waals surface area (Å²) in [6, 6.07) is 38.2. The molecule has 3 heterocycles. The van der Waals surface area contributed by atoms with Crippen LogP contribution in [-0.4, -0.2) is 45.3 Å². The van der Waals surface area contributed by atoms with E-state index in [0.717, 1.165) is 62.2 Å². The van der Waals surface area contributed by atoms with Gasteiger partial charge in [0.15, 0.2) is 0 Å². The summed E-state index contributed by atoms with van der Waals surface area (Å²) >= 11 is 0. The van der Waals surface area contributed by atoms with Gasteiger partial charge in [-0.05, 0) is 35.4 Å². The minimum Gasteiger partial charge on any atom is -0.339 e. The van der Waals surface area contributed by atoms with E-state index < -0.39 is 0 Å². The summed E-state index contributed by atoms with van der Waals surface area (Å²) in [4.78, 5) is 15.0. The summed E-state index contributed by atoms with van der Waals surface area (Å²) in [5.41, 5.74) is 7.02. The lowest BCUT2D eigenvalue weighted by Gasteiger charge is -2.36. The second-order valence-corrected chi connectivity index (χ2v) is 9.92. The molecule has 0 aliphatic carbocycles. The molecule has 4 aromatic carbocycles. The molecule has 0 bridgehead atoms. The molecule has 7 rings (SSSR count). The summed E-state index contributed by atoms with van der Waals surface area (Å²) in [5.74, 6) is 2.10. The Balaban J connectivity index is 1.18. The van der Waals surface area contributed by atoms with Gasteiger partial charge in [-0.1, -0.05) is 84.9 Å². The number of benzene rings is 4. The Morgan fingerprint density at radius 1 is 0.447 bits per heavy atom. The van der Waals surface area contributed by atoms with Gasteiger partial charge in [0.25, 0.3) is 0 Å². The topological polar surface area (TPSA) is 42.1 Å². The Kier molecular flexibility index (Phi) is 5.77. The van der Waals surface area contributed by atoms with Gasteiger partial charge in [0.2, 0.25) is 11.9 Å². The molecule has 6 nitrogen and oxygen atoms in total. The Labute approximate surface area is 222 Å². The number of hydrogen-bond donors (Lipinski definition) is 0. The predicted molar refractivity (Wildman–Crippen MR) is 155 cm³/mol. The zero-order chi connectivity index (χ0) is 25.3. The van der Waals surface area contributed by atoms with Crippen molar-refractivity contribution in [2.75, 3.05) is 36.0 Å². The standard InChI is InChI=1S/C32H30N6/c1-3-11-25(12-4-1)23-37-29-17-9-7-15-27(29)33-31(37)35-19-21-36(22-20-35)32-34-28-16-8-10-18-30(28)38(32)24-26-13-5-2-6-14-26/h1-18H,19-24H2. The Morgan fingerprint density at radius 2 is 0.816 bits per heavy atom. The third kappa shape index (κ3) is 4.18. The predicted octanol–water partition coefficient (Wildman–Crippen LogP) is 5.81. The van der Waals surface area contributed by atoms with Crippen molar-refractivity contribution in [1.29, 1.82) is 0 Å². The molecule has 0 N–H and O–H groups in total. The molecule has 0 radical (unpaired) electrons. The number of para-hydroxylation sites is 4. The minimum atomic E-state index is 0.809. The van der Waals surface area contributed by atoms with Crippen molar-refractivity contribution >= 4 is 34.0 Å². The summed E-state index contributed by atoms with van der Waals surface area (Å²) in [6.07, 6.45) is 0. The smallest absolute Gasteiger partial charge is 0.206 e. The zero-order valence-corrected chi connectivity index (χ0v) is 21.3. The van der Waals surface area contributed by atoms with E-state index in [-0.39, 0.29) is 0 Å². The van der Waals surface area contributed by atoms with E-state index in [1.54, 1.807) is 0 Å². The zero-order valence-electron chi connectivity index (χ0n) is 21.3. The maximum absolute atomic E-state index is 5.09. The van der Waals surface area contributed by atoms with Crippen LogP contribution in [0.2, 0.25) is 0 Å². The van der Waals surface area contributed by atoms with Gasteiger partial charge in [0.05, 0.1) is 35.2 Å². The molecule has 1 aliphatic heterocycles. The average Bonchev–Trinajstić information content (AvgIpc) is 3.53. The number of rotatable bonds is 6. The van der Waals surface area contributed by atoms with Crippen LogP contribution in [0.15, 0.2) is 109 Å². The van der Waals surface area contributed by atoms with Gasteiger partial charge in [-0.15, -0.1) is 0 Å². The van der Waals surface area contributed by atoms with Crippen molar-refractivity contribution in [3.63, 3.8) is 0 Å². The summed E-state index contributed by atoms with van der Waals surface area (Å²) in [7, 11) is 0. The number of fused-ring (bicyclic) bond motifs is 2. The molecule has 0 saturated carbocycles. The van der Waals surface area contributed by atoms with Crippen LogP contribution in [-0.2, 0) is 13.1 Å². The minimum absolute atomic E-state index is 0.809. The Bertz CT molecular complexity index is 1550. The maximum atomic E-state index is 5.09. The molecular weight excluding hydrogens is 468 g/mol. The maximum Gasteiger partial charge on any atom is 0.206 e. The molecule has 0 spiro atoms. The van der Waals surface area contributed by atoms with Gasteiger partial charge in [-0.25, -0.2) is 9.97 Å².